The minimum atomic E-state index is -0.148. The van der Waals surface area contributed by atoms with E-state index < -0.39 is 0 Å². The summed E-state index contributed by atoms with van der Waals surface area (Å²) >= 11 is 0. The minimum absolute atomic E-state index is 0.0492. The number of hydrogen-bond donors (Lipinski definition) is 1. The van der Waals surface area contributed by atoms with Crippen molar-refractivity contribution in [2.75, 3.05) is 6.54 Å². The molecular formula is C23H33N3O2. The van der Waals surface area contributed by atoms with E-state index in [0.717, 1.165) is 12.8 Å². The van der Waals surface area contributed by atoms with Crippen molar-refractivity contribution in [2.24, 2.45) is 0 Å². The molecule has 0 spiro atoms. The van der Waals surface area contributed by atoms with Gasteiger partial charge in [-0.05, 0) is 25.3 Å². The predicted octanol–water partition coefficient (Wildman–Crippen LogP) is 4.63. The molecule has 0 unspecified atom stereocenters. The first-order valence-corrected chi connectivity index (χ1v) is 10.5. The van der Waals surface area contributed by atoms with Gasteiger partial charge in [0.2, 0.25) is 11.8 Å². The minimum Gasteiger partial charge on any atom is -0.355 e. The van der Waals surface area contributed by atoms with Gasteiger partial charge in [0, 0.05) is 30.2 Å². The normalized spacial score (nSPS) is 16.7. The fourth-order valence-electron chi connectivity index (χ4n) is 4.01. The summed E-state index contributed by atoms with van der Waals surface area (Å²) in [5.74, 6) is 1.27. The van der Waals surface area contributed by atoms with E-state index in [4.69, 9.17) is 4.52 Å². The summed E-state index contributed by atoms with van der Waals surface area (Å²) in [6.45, 7) is 8.97. The average Bonchev–Trinajstić information content (AvgIpc) is 3.15. The van der Waals surface area contributed by atoms with Crippen LogP contribution in [0.4, 0.5) is 0 Å². The van der Waals surface area contributed by atoms with E-state index in [0.29, 0.717) is 31.1 Å². The maximum absolute atomic E-state index is 12.5. The summed E-state index contributed by atoms with van der Waals surface area (Å²) in [4.78, 5) is 16.9. The number of nitrogens with zero attached hydrogens (tertiary/aromatic N) is 2. The molecule has 2 aromatic rings. The van der Waals surface area contributed by atoms with Gasteiger partial charge in [0.1, 0.15) is 0 Å². The molecule has 1 aliphatic rings. The topological polar surface area (TPSA) is 68.0 Å². The van der Waals surface area contributed by atoms with E-state index in [9.17, 15) is 4.79 Å². The fraction of sp³-hybridized carbons (Fsp3) is 0.609. The highest BCUT2D eigenvalue weighted by atomic mass is 16.5. The van der Waals surface area contributed by atoms with Gasteiger partial charge in [-0.15, -0.1) is 0 Å². The first-order valence-electron chi connectivity index (χ1n) is 10.5. The van der Waals surface area contributed by atoms with Crippen molar-refractivity contribution < 1.29 is 9.32 Å². The number of aromatic nitrogens is 2. The Kier molecular flexibility index (Phi) is 6.21. The Labute approximate surface area is 168 Å². The van der Waals surface area contributed by atoms with E-state index in [2.05, 4.69) is 46.6 Å². The summed E-state index contributed by atoms with van der Waals surface area (Å²) in [7, 11) is 0. The molecule has 0 atom stereocenters. The molecule has 152 valence electrons. The SMILES string of the molecule is Cc1cccc(C2(CNC(=O)CCc3nc(C(C)(C)C)no3)CCCCC2)c1. The van der Waals surface area contributed by atoms with Crippen LogP contribution in [0.3, 0.4) is 0 Å². The molecule has 0 saturated heterocycles. The third-order valence-corrected chi connectivity index (χ3v) is 5.77. The van der Waals surface area contributed by atoms with Crippen molar-refractivity contribution in [3.8, 4) is 0 Å². The van der Waals surface area contributed by atoms with Gasteiger partial charge in [-0.25, -0.2) is 0 Å². The zero-order valence-electron chi connectivity index (χ0n) is 17.7. The zero-order valence-corrected chi connectivity index (χ0v) is 17.7. The molecule has 1 heterocycles. The van der Waals surface area contributed by atoms with Gasteiger partial charge in [0.25, 0.3) is 0 Å². The lowest BCUT2D eigenvalue weighted by atomic mass is 9.69. The summed E-state index contributed by atoms with van der Waals surface area (Å²) in [6.07, 6.45) is 6.85. The van der Waals surface area contributed by atoms with Crippen molar-refractivity contribution in [3.63, 3.8) is 0 Å². The van der Waals surface area contributed by atoms with Gasteiger partial charge in [-0.2, -0.15) is 4.98 Å². The fourth-order valence-corrected chi connectivity index (χ4v) is 4.01. The van der Waals surface area contributed by atoms with Crippen LogP contribution in [-0.4, -0.2) is 22.6 Å². The van der Waals surface area contributed by atoms with Gasteiger partial charge < -0.3 is 9.84 Å². The van der Waals surface area contributed by atoms with Crippen LogP contribution in [0.15, 0.2) is 28.8 Å². The summed E-state index contributed by atoms with van der Waals surface area (Å²) in [6, 6.07) is 8.76. The van der Waals surface area contributed by atoms with E-state index in [1.165, 1.54) is 30.4 Å². The molecule has 5 nitrogen and oxygen atoms in total. The summed E-state index contributed by atoms with van der Waals surface area (Å²) < 4.78 is 5.30. The van der Waals surface area contributed by atoms with Crippen molar-refractivity contribution in [3.05, 3.63) is 47.1 Å². The molecule has 1 saturated carbocycles. The lowest BCUT2D eigenvalue weighted by Crippen LogP contribution is -2.42. The van der Waals surface area contributed by atoms with Crippen LogP contribution < -0.4 is 5.32 Å². The molecule has 3 rings (SSSR count). The van der Waals surface area contributed by atoms with Gasteiger partial charge in [0.15, 0.2) is 5.82 Å². The van der Waals surface area contributed by atoms with E-state index in [1.807, 2.05) is 20.8 Å². The van der Waals surface area contributed by atoms with E-state index >= 15 is 0 Å². The van der Waals surface area contributed by atoms with Crippen LogP contribution >= 0.6 is 0 Å². The molecule has 1 N–H and O–H groups in total. The van der Waals surface area contributed by atoms with Crippen LogP contribution in [-0.2, 0) is 22.0 Å². The van der Waals surface area contributed by atoms with Crippen LogP contribution in [0.2, 0.25) is 0 Å². The highest BCUT2D eigenvalue weighted by Gasteiger charge is 2.34. The first kappa shape index (κ1) is 20.6. The van der Waals surface area contributed by atoms with Crippen LogP contribution in [0.1, 0.15) is 82.1 Å². The monoisotopic (exact) mass is 383 g/mol. The number of benzene rings is 1. The highest BCUT2D eigenvalue weighted by molar-refractivity contribution is 5.76. The van der Waals surface area contributed by atoms with Gasteiger partial charge in [-0.3, -0.25) is 4.79 Å². The molecule has 5 heteroatoms. The smallest absolute Gasteiger partial charge is 0.227 e. The number of aryl methyl sites for hydroxylation is 2. The van der Waals surface area contributed by atoms with E-state index in [-0.39, 0.29) is 16.7 Å². The molecule has 0 radical (unpaired) electrons. The third kappa shape index (κ3) is 5.00. The number of carbonyl (C=O) groups excluding carboxylic acids is 1. The summed E-state index contributed by atoms with van der Waals surface area (Å²) in [5, 5.41) is 7.22. The predicted molar refractivity (Wildman–Crippen MR) is 110 cm³/mol. The Morgan fingerprint density at radius 3 is 2.61 bits per heavy atom. The molecule has 1 aliphatic carbocycles. The Morgan fingerprint density at radius 2 is 1.96 bits per heavy atom. The zero-order chi connectivity index (χ0) is 20.2. The molecule has 1 fully saturated rings. The number of carbonyl (C=O) groups is 1. The lowest BCUT2D eigenvalue weighted by Gasteiger charge is -2.38. The maximum Gasteiger partial charge on any atom is 0.227 e. The second-order valence-corrected chi connectivity index (χ2v) is 9.25. The quantitative estimate of drug-likeness (QED) is 0.790. The molecule has 28 heavy (non-hydrogen) atoms. The second-order valence-electron chi connectivity index (χ2n) is 9.25. The third-order valence-electron chi connectivity index (χ3n) is 5.77. The molecule has 1 amide bonds. The molecule has 1 aromatic heterocycles. The van der Waals surface area contributed by atoms with Crippen LogP contribution in [0, 0.1) is 6.92 Å². The van der Waals surface area contributed by atoms with Crippen molar-refractivity contribution in [1.29, 1.82) is 0 Å². The average molecular weight is 384 g/mol. The van der Waals surface area contributed by atoms with Crippen molar-refractivity contribution in [2.45, 2.75) is 83.5 Å². The summed E-state index contributed by atoms with van der Waals surface area (Å²) in [5.41, 5.74) is 2.55. The Bertz CT molecular complexity index is 798. The Balaban J connectivity index is 1.59. The number of hydrogen-bond acceptors (Lipinski definition) is 4. The van der Waals surface area contributed by atoms with E-state index in [1.54, 1.807) is 0 Å². The maximum atomic E-state index is 12.5. The molecular weight excluding hydrogens is 350 g/mol. The standard InChI is InChI=1S/C23H33N3O2/c1-17-9-8-10-18(15-17)23(13-6-5-7-14-23)16-24-19(27)11-12-20-25-21(26-28-20)22(2,3)4/h8-10,15H,5-7,11-14,16H2,1-4H3,(H,24,27). The Hall–Kier alpha value is -2.17. The van der Waals surface area contributed by atoms with Gasteiger partial charge >= 0.3 is 0 Å². The second kappa shape index (κ2) is 8.46. The molecule has 1 aromatic carbocycles. The number of amides is 1. The van der Waals surface area contributed by atoms with Crippen LogP contribution in [0.5, 0.6) is 0 Å². The number of rotatable bonds is 6. The van der Waals surface area contributed by atoms with Gasteiger partial charge in [0.05, 0.1) is 0 Å². The largest absolute Gasteiger partial charge is 0.355 e. The molecule has 0 aliphatic heterocycles. The molecule has 0 bridgehead atoms. The Morgan fingerprint density at radius 1 is 1.21 bits per heavy atom. The van der Waals surface area contributed by atoms with Crippen LogP contribution in [0.25, 0.3) is 0 Å². The lowest BCUT2D eigenvalue weighted by molar-refractivity contribution is -0.121. The number of nitrogens with one attached hydrogen (secondary N) is 1. The first-order chi connectivity index (χ1) is 13.3. The highest BCUT2D eigenvalue weighted by Crippen LogP contribution is 2.39. The van der Waals surface area contributed by atoms with Crippen molar-refractivity contribution in [1.82, 2.24) is 15.5 Å². The van der Waals surface area contributed by atoms with Crippen molar-refractivity contribution >= 4 is 5.91 Å². The van der Waals surface area contributed by atoms with Gasteiger partial charge in [-0.1, -0.05) is 75.0 Å².